The lowest BCUT2D eigenvalue weighted by Gasteiger charge is -2.17. The van der Waals surface area contributed by atoms with Gasteiger partial charge >= 0.3 is 5.97 Å². The van der Waals surface area contributed by atoms with Gasteiger partial charge in [-0.25, -0.2) is 4.79 Å². The zero-order valence-electron chi connectivity index (χ0n) is 14.7. The van der Waals surface area contributed by atoms with E-state index in [9.17, 15) is 9.59 Å². The molecule has 3 rings (SSSR count). The van der Waals surface area contributed by atoms with E-state index in [2.05, 4.69) is 5.32 Å². The van der Waals surface area contributed by atoms with E-state index in [0.29, 0.717) is 10.8 Å². The van der Waals surface area contributed by atoms with Crippen LogP contribution >= 0.6 is 11.6 Å². The molecule has 0 bridgehead atoms. The van der Waals surface area contributed by atoms with Crippen molar-refractivity contribution in [1.29, 1.82) is 0 Å². The summed E-state index contributed by atoms with van der Waals surface area (Å²) >= 11 is 6.17. The highest BCUT2D eigenvalue weighted by atomic mass is 35.5. The van der Waals surface area contributed by atoms with Crippen LogP contribution in [0.1, 0.15) is 32.6 Å². The molecular weight excluding hydrogens is 354 g/mol. The Balaban J connectivity index is 1.54. The second kappa shape index (κ2) is 8.41. The maximum absolute atomic E-state index is 12.1. The highest BCUT2D eigenvalue weighted by Gasteiger charge is 2.23. The van der Waals surface area contributed by atoms with E-state index in [-0.39, 0.29) is 18.6 Å². The lowest BCUT2D eigenvalue weighted by Crippen LogP contribution is -2.41. The molecule has 0 heterocycles. The number of ether oxygens (including phenoxy) is 2. The van der Waals surface area contributed by atoms with Crippen molar-refractivity contribution >= 4 is 34.2 Å². The average molecular weight is 376 g/mol. The normalized spacial score (nSPS) is 15.6. The number of carbonyl (C=O) groups excluding carboxylic acids is 2. The minimum Gasteiger partial charge on any atom is -0.481 e. The summed E-state index contributed by atoms with van der Waals surface area (Å²) in [5, 5.41) is 5.21. The Bertz CT molecular complexity index is 801. The molecule has 1 aliphatic carbocycles. The lowest BCUT2D eigenvalue weighted by molar-refractivity contribution is -0.156. The topological polar surface area (TPSA) is 64.6 Å². The number of esters is 1. The highest BCUT2D eigenvalue weighted by Crippen LogP contribution is 2.31. The van der Waals surface area contributed by atoms with Gasteiger partial charge in [-0.2, -0.15) is 0 Å². The zero-order valence-corrected chi connectivity index (χ0v) is 15.4. The van der Waals surface area contributed by atoms with Gasteiger partial charge in [0.05, 0.1) is 0 Å². The molecule has 26 heavy (non-hydrogen) atoms. The number of hydrogen-bond donors (Lipinski definition) is 1. The third kappa shape index (κ3) is 4.47. The third-order valence-corrected chi connectivity index (χ3v) is 4.88. The second-order valence-electron chi connectivity index (χ2n) is 6.50. The van der Waals surface area contributed by atoms with Crippen molar-refractivity contribution in [3.63, 3.8) is 0 Å². The van der Waals surface area contributed by atoms with Crippen LogP contribution in [0.25, 0.3) is 10.8 Å². The molecule has 0 radical (unpaired) electrons. The monoisotopic (exact) mass is 375 g/mol. The van der Waals surface area contributed by atoms with Gasteiger partial charge < -0.3 is 14.8 Å². The molecule has 1 aliphatic rings. The van der Waals surface area contributed by atoms with Crippen LogP contribution in [0.4, 0.5) is 0 Å². The van der Waals surface area contributed by atoms with E-state index in [0.717, 1.165) is 36.5 Å². The second-order valence-corrected chi connectivity index (χ2v) is 6.91. The van der Waals surface area contributed by atoms with Crippen LogP contribution in [0.5, 0.6) is 5.75 Å². The molecule has 1 fully saturated rings. The summed E-state index contributed by atoms with van der Waals surface area (Å²) in [4.78, 5) is 24.1. The number of benzene rings is 2. The predicted molar refractivity (Wildman–Crippen MR) is 100 cm³/mol. The van der Waals surface area contributed by atoms with Gasteiger partial charge in [0, 0.05) is 21.8 Å². The van der Waals surface area contributed by atoms with Crippen LogP contribution in [-0.2, 0) is 14.3 Å². The van der Waals surface area contributed by atoms with Crippen LogP contribution in [0.15, 0.2) is 36.4 Å². The number of carbonyl (C=O) groups is 2. The molecule has 6 heteroatoms. The summed E-state index contributed by atoms with van der Waals surface area (Å²) in [6, 6.07) is 11.2. The van der Waals surface area contributed by atoms with Gasteiger partial charge in [-0.3, -0.25) is 4.79 Å². The largest absolute Gasteiger partial charge is 0.481 e. The van der Waals surface area contributed by atoms with Gasteiger partial charge in [0.2, 0.25) is 0 Å². The molecule has 1 saturated carbocycles. The molecule has 5 nitrogen and oxygen atoms in total. The molecule has 2 aromatic rings. The summed E-state index contributed by atoms with van der Waals surface area (Å²) in [6.45, 7) is 1.30. The summed E-state index contributed by atoms with van der Waals surface area (Å²) in [7, 11) is 0. The van der Waals surface area contributed by atoms with Crippen molar-refractivity contribution in [2.24, 2.45) is 0 Å². The van der Waals surface area contributed by atoms with Crippen molar-refractivity contribution in [3.8, 4) is 5.75 Å². The molecule has 1 amide bonds. The average Bonchev–Trinajstić information content (AvgIpc) is 3.14. The minimum atomic E-state index is -0.839. The fourth-order valence-electron chi connectivity index (χ4n) is 3.17. The van der Waals surface area contributed by atoms with Gasteiger partial charge in [0.1, 0.15) is 5.75 Å². The minimum absolute atomic E-state index is 0.195. The van der Waals surface area contributed by atoms with Crippen LogP contribution in [0, 0.1) is 0 Å². The fraction of sp³-hybridized carbons (Fsp3) is 0.400. The standard InChI is InChI=1S/C20H22ClNO4/c1-13(20(24)22-14-6-2-3-7-14)26-19(23)12-25-18-11-10-17(21)15-8-4-5-9-16(15)18/h4-5,8-11,13-14H,2-3,6-7,12H2,1H3,(H,22,24)/t13-/m0/s1. The third-order valence-electron chi connectivity index (χ3n) is 4.56. The quantitative estimate of drug-likeness (QED) is 0.778. The molecule has 1 atom stereocenters. The van der Waals surface area contributed by atoms with Crippen molar-refractivity contribution in [2.45, 2.75) is 44.8 Å². The summed E-state index contributed by atoms with van der Waals surface area (Å²) < 4.78 is 10.8. The fourth-order valence-corrected chi connectivity index (χ4v) is 3.40. The van der Waals surface area contributed by atoms with E-state index in [1.807, 2.05) is 24.3 Å². The smallest absolute Gasteiger partial charge is 0.344 e. The molecule has 2 aromatic carbocycles. The molecule has 1 N–H and O–H groups in total. The molecule has 138 valence electrons. The number of halogens is 1. The zero-order chi connectivity index (χ0) is 18.5. The predicted octanol–water partition coefficient (Wildman–Crippen LogP) is 3.86. The van der Waals surface area contributed by atoms with Gasteiger partial charge in [0.15, 0.2) is 12.7 Å². The Morgan fingerprint density at radius 2 is 1.85 bits per heavy atom. The molecular formula is C20H22ClNO4. The SMILES string of the molecule is C[C@H](OC(=O)COc1ccc(Cl)c2ccccc12)C(=O)NC1CCCC1. The number of nitrogens with one attached hydrogen (secondary N) is 1. The molecule has 0 aliphatic heterocycles. The van der Waals surface area contributed by atoms with E-state index in [1.165, 1.54) is 0 Å². The maximum atomic E-state index is 12.1. The number of fused-ring (bicyclic) bond motifs is 1. The van der Waals surface area contributed by atoms with E-state index in [4.69, 9.17) is 21.1 Å². The Hall–Kier alpha value is -2.27. The first kappa shape index (κ1) is 18.5. The van der Waals surface area contributed by atoms with Crippen LogP contribution in [-0.4, -0.2) is 30.6 Å². The number of hydrogen-bond acceptors (Lipinski definition) is 4. The Labute approximate surface area is 157 Å². The van der Waals surface area contributed by atoms with Crippen molar-refractivity contribution < 1.29 is 19.1 Å². The van der Waals surface area contributed by atoms with Crippen LogP contribution < -0.4 is 10.1 Å². The summed E-state index contributed by atoms with van der Waals surface area (Å²) in [5.41, 5.74) is 0. The Kier molecular flexibility index (Phi) is 5.99. The first-order valence-electron chi connectivity index (χ1n) is 8.84. The Morgan fingerprint density at radius 3 is 2.58 bits per heavy atom. The first-order valence-corrected chi connectivity index (χ1v) is 9.22. The van der Waals surface area contributed by atoms with E-state index < -0.39 is 12.1 Å². The van der Waals surface area contributed by atoms with Gasteiger partial charge in [0.25, 0.3) is 5.91 Å². The van der Waals surface area contributed by atoms with Crippen molar-refractivity contribution in [1.82, 2.24) is 5.32 Å². The molecule has 0 saturated heterocycles. The van der Waals surface area contributed by atoms with Gasteiger partial charge in [-0.1, -0.05) is 48.7 Å². The van der Waals surface area contributed by atoms with Crippen LogP contribution in [0.3, 0.4) is 0 Å². The molecule has 0 spiro atoms. The lowest BCUT2D eigenvalue weighted by atomic mass is 10.1. The van der Waals surface area contributed by atoms with Crippen LogP contribution in [0.2, 0.25) is 5.02 Å². The van der Waals surface area contributed by atoms with Gasteiger partial charge in [-0.05, 0) is 31.9 Å². The number of amides is 1. The summed E-state index contributed by atoms with van der Waals surface area (Å²) in [5.74, 6) is -0.301. The molecule has 0 unspecified atom stereocenters. The maximum Gasteiger partial charge on any atom is 0.344 e. The highest BCUT2D eigenvalue weighted by molar-refractivity contribution is 6.35. The van der Waals surface area contributed by atoms with Crippen molar-refractivity contribution in [2.75, 3.05) is 6.61 Å². The first-order chi connectivity index (χ1) is 12.5. The van der Waals surface area contributed by atoms with E-state index >= 15 is 0 Å². The summed E-state index contributed by atoms with van der Waals surface area (Å²) in [6.07, 6.45) is 3.39. The van der Waals surface area contributed by atoms with Crippen molar-refractivity contribution in [3.05, 3.63) is 41.4 Å². The number of rotatable bonds is 6. The van der Waals surface area contributed by atoms with Gasteiger partial charge in [-0.15, -0.1) is 0 Å². The molecule has 0 aromatic heterocycles. The van der Waals surface area contributed by atoms with E-state index in [1.54, 1.807) is 19.1 Å². The Morgan fingerprint density at radius 1 is 1.15 bits per heavy atom.